The molecule has 0 atom stereocenters. The molecule has 0 bridgehead atoms. The van der Waals surface area contributed by atoms with Crippen molar-refractivity contribution in [2.45, 2.75) is 225 Å². The lowest BCUT2D eigenvalue weighted by Crippen LogP contribution is -1.86. The Hall–Kier alpha value is -1.84. The maximum absolute atomic E-state index is 10.4. The summed E-state index contributed by atoms with van der Waals surface area (Å²) in [6.45, 7) is 0. The van der Waals surface area contributed by atoms with Crippen molar-refractivity contribution in [2.75, 3.05) is 0 Å². The highest BCUT2D eigenvalue weighted by molar-refractivity contribution is 5.79. The summed E-state index contributed by atoms with van der Waals surface area (Å²) in [4.78, 5) is 20.8. The van der Waals surface area contributed by atoms with Crippen LogP contribution in [-0.4, -0.2) is 22.2 Å². The van der Waals surface area contributed by atoms with Crippen LogP contribution >= 0.6 is 0 Å². The molecule has 0 saturated carbocycles. The fourth-order valence-corrected chi connectivity index (χ4v) is 6.43. The zero-order valence-corrected chi connectivity index (χ0v) is 30.9. The van der Waals surface area contributed by atoms with Crippen LogP contribution in [0.1, 0.15) is 225 Å². The first kappa shape index (κ1) is 45.2. The number of hydrogen-bond acceptors (Lipinski definition) is 2. The monoisotopic (exact) mass is 659 g/mol. The molecule has 0 aliphatic carbocycles. The van der Waals surface area contributed by atoms with E-state index in [-0.39, 0.29) is 0 Å². The SMILES string of the molecule is O=C(O)C=CCCCCCCC=CCCCCCCCCCCCCCCCCCCCCCCCCCCCCCC=CC(=O)O. The number of unbranched alkanes of at least 4 members (excludes halogenated alkanes) is 33. The Kier molecular flexibility index (Phi) is 38.8. The second-order valence-electron chi connectivity index (χ2n) is 14.1. The molecular weight excluding hydrogens is 580 g/mol. The second-order valence-corrected chi connectivity index (χ2v) is 14.1. The highest BCUT2D eigenvalue weighted by Crippen LogP contribution is 2.16. The predicted octanol–water partition coefficient (Wildman–Crippen LogP) is 14.5. The summed E-state index contributed by atoms with van der Waals surface area (Å²) in [5.41, 5.74) is 0. The lowest BCUT2D eigenvalue weighted by atomic mass is 10.0. The van der Waals surface area contributed by atoms with E-state index in [0.717, 1.165) is 25.7 Å². The van der Waals surface area contributed by atoms with E-state index in [1.807, 2.05) is 0 Å². The molecule has 0 aliphatic heterocycles. The van der Waals surface area contributed by atoms with Gasteiger partial charge in [-0.05, 0) is 51.4 Å². The van der Waals surface area contributed by atoms with E-state index in [1.54, 1.807) is 12.2 Å². The Morgan fingerprint density at radius 2 is 0.404 bits per heavy atom. The molecule has 0 saturated heterocycles. The van der Waals surface area contributed by atoms with E-state index in [4.69, 9.17) is 10.2 Å². The fourth-order valence-electron chi connectivity index (χ4n) is 6.43. The summed E-state index contributed by atoms with van der Waals surface area (Å²) in [5.74, 6) is -1.68. The van der Waals surface area contributed by atoms with Crippen molar-refractivity contribution in [1.82, 2.24) is 0 Å². The first-order chi connectivity index (χ1) is 23.1. The minimum atomic E-state index is -0.842. The topological polar surface area (TPSA) is 74.6 Å². The third-order valence-electron chi connectivity index (χ3n) is 9.42. The van der Waals surface area contributed by atoms with Gasteiger partial charge in [-0.3, -0.25) is 0 Å². The molecule has 0 aromatic heterocycles. The minimum Gasteiger partial charge on any atom is -0.478 e. The van der Waals surface area contributed by atoms with Crippen LogP contribution in [-0.2, 0) is 9.59 Å². The van der Waals surface area contributed by atoms with E-state index in [0.29, 0.717) is 0 Å². The number of aliphatic carboxylic acids is 2. The largest absolute Gasteiger partial charge is 0.478 e. The minimum absolute atomic E-state index is 0.833. The van der Waals surface area contributed by atoms with Gasteiger partial charge < -0.3 is 10.2 Å². The number of allylic oxidation sites excluding steroid dienone is 4. The average Bonchev–Trinajstić information content (AvgIpc) is 3.05. The zero-order chi connectivity index (χ0) is 34.1. The van der Waals surface area contributed by atoms with Gasteiger partial charge >= 0.3 is 11.9 Å². The fraction of sp³-hybridized carbons (Fsp3) is 0.814. The number of carbonyl (C=O) groups is 2. The number of hydrogen-bond donors (Lipinski definition) is 2. The van der Waals surface area contributed by atoms with Gasteiger partial charge in [0.25, 0.3) is 0 Å². The van der Waals surface area contributed by atoms with Gasteiger partial charge in [0.1, 0.15) is 0 Å². The van der Waals surface area contributed by atoms with Gasteiger partial charge in [-0.25, -0.2) is 9.59 Å². The Morgan fingerprint density at radius 1 is 0.255 bits per heavy atom. The molecule has 0 heterocycles. The maximum Gasteiger partial charge on any atom is 0.327 e. The van der Waals surface area contributed by atoms with Gasteiger partial charge in [0, 0.05) is 12.2 Å². The molecule has 4 nitrogen and oxygen atoms in total. The van der Waals surface area contributed by atoms with Gasteiger partial charge in [0.2, 0.25) is 0 Å². The smallest absolute Gasteiger partial charge is 0.327 e. The molecule has 0 unspecified atom stereocenters. The molecule has 0 aromatic rings. The quantitative estimate of drug-likeness (QED) is 0.0391. The van der Waals surface area contributed by atoms with E-state index >= 15 is 0 Å². The first-order valence-electron chi connectivity index (χ1n) is 20.6. The standard InChI is InChI=1S/C43H78O4/c44-42(45)40-38-36-34-32-30-28-26-24-22-20-18-16-14-12-10-8-6-4-2-1-3-5-7-9-11-13-15-17-19-21-23-25-27-29-31-33-35-37-39-41-43(46)47/h22,24,38-41H,1-21,23,25-37H2,(H,44,45)(H,46,47). The number of rotatable bonds is 39. The van der Waals surface area contributed by atoms with Crippen LogP contribution < -0.4 is 0 Å². The van der Waals surface area contributed by atoms with Crippen molar-refractivity contribution in [3.63, 3.8) is 0 Å². The van der Waals surface area contributed by atoms with Gasteiger partial charge in [0.05, 0.1) is 0 Å². The second kappa shape index (κ2) is 40.3. The molecule has 47 heavy (non-hydrogen) atoms. The summed E-state index contributed by atoms with van der Waals surface area (Å²) in [6.07, 6.45) is 57.6. The molecule has 2 N–H and O–H groups in total. The molecule has 0 amide bonds. The number of carboxylic acid groups (broad SMARTS) is 2. The molecule has 4 heteroatoms. The Balaban J connectivity index is 3.11. The van der Waals surface area contributed by atoms with E-state index < -0.39 is 11.9 Å². The lowest BCUT2D eigenvalue weighted by Gasteiger charge is -2.04. The molecule has 0 aromatic carbocycles. The predicted molar refractivity (Wildman–Crippen MR) is 204 cm³/mol. The van der Waals surface area contributed by atoms with Gasteiger partial charge in [-0.15, -0.1) is 0 Å². The normalized spacial score (nSPS) is 11.9. The van der Waals surface area contributed by atoms with Crippen LogP contribution in [0, 0.1) is 0 Å². The Bertz CT molecular complexity index is 738. The molecule has 0 rings (SSSR count). The van der Waals surface area contributed by atoms with E-state index in [2.05, 4.69) is 12.2 Å². The zero-order valence-electron chi connectivity index (χ0n) is 30.9. The van der Waals surface area contributed by atoms with Crippen molar-refractivity contribution in [1.29, 1.82) is 0 Å². The van der Waals surface area contributed by atoms with Crippen molar-refractivity contribution in [3.05, 3.63) is 36.5 Å². The first-order valence-corrected chi connectivity index (χ1v) is 20.6. The molecule has 0 aliphatic rings. The highest BCUT2D eigenvalue weighted by Gasteiger charge is 1.97. The average molecular weight is 659 g/mol. The Labute approximate surface area is 292 Å². The summed E-state index contributed by atoms with van der Waals surface area (Å²) in [6, 6.07) is 0. The van der Waals surface area contributed by atoms with Crippen molar-refractivity contribution in [2.24, 2.45) is 0 Å². The van der Waals surface area contributed by atoms with Gasteiger partial charge in [-0.2, -0.15) is 0 Å². The third kappa shape index (κ3) is 44.2. The third-order valence-corrected chi connectivity index (χ3v) is 9.42. The van der Waals surface area contributed by atoms with Crippen molar-refractivity contribution < 1.29 is 19.8 Å². The molecule has 0 radical (unpaired) electrons. The molecule has 0 spiro atoms. The molecule has 0 fully saturated rings. The number of carboxylic acids is 2. The van der Waals surface area contributed by atoms with Crippen molar-refractivity contribution >= 4 is 11.9 Å². The van der Waals surface area contributed by atoms with Gasteiger partial charge in [0.15, 0.2) is 0 Å². The summed E-state index contributed by atoms with van der Waals surface area (Å²) in [5, 5.41) is 17.1. The molecular formula is C43H78O4. The maximum atomic E-state index is 10.4. The Morgan fingerprint density at radius 3 is 0.574 bits per heavy atom. The van der Waals surface area contributed by atoms with Crippen molar-refractivity contribution in [3.8, 4) is 0 Å². The van der Waals surface area contributed by atoms with Gasteiger partial charge in [-0.1, -0.05) is 198 Å². The van der Waals surface area contributed by atoms with Crippen LogP contribution in [0.25, 0.3) is 0 Å². The van der Waals surface area contributed by atoms with E-state index in [9.17, 15) is 9.59 Å². The summed E-state index contributed by atoms with van der Waals surface area (Å²) < 4.78 is 0. The lowest BCUT2D eigenvalue weighted by molar-refractivity contribution is -0.132. The highest BCUT2D eigenvalue weighted by atomic mass is 16.4. The van der Waals surface area contributed by atoms with Crippen LogP contribution in [0.4, 0.5) is 0 Å². The van der Waals surface area contributed by atoms with E-state index in [1.165, 1.54) is 211 Å². The van der Waals surface area contributed by atoms with Crippen LogP contribution in [0.15, 0.2) is 36.5 Å². The summed E-state index contributed by atoms with van der Waals surface area (Å²) >= 11 is 0. The summed E-state index contributed by atoms with van der Waals surface area (Å²) in [7, 11) is 0. The van der Waals surface area contributed by atoms with Crippen LogP contribution in [0.3, 0.4) is 0 Å². The molecule has 274 valence electrons. The van der Waals surface area contributed by atoms with Crippen LogP contribution in [0.5, 0.6) is 0 Å². The van der Waals surface area contributed by atoms with Crippen LogP contribution in [0.2, 0.25) is 0 Å².